The number of hydrogen-bond acceptors (Lipinski definition) is 3. The molecule has 0 aliphatic carbocycles. The van der Waals surface area contributed by atoms with Crippen molar-refractivity contribution in [2.75, 3.05) is 19.5 Å². The van der Waals surface area contributed by atoms with Crippen LogP contribution >= 0.6 is 0 Å². The molecule has 3 nitrogen and oxygen atoms in total. The number of anilines is 1. The van der Waals surface area contributed by atoms with Gasteiger partial charge in [-0.25, -0.2) is 0 Å². The van der Waals surface area contributed by atoms with E-state index in [0.717, 1.165) is 34.5 Å². The molecule has 0 unspecified atom stereocenters. The molecule has 2 rings (SSSR count). The molecule has 0 saturated carbocycles. The van der Waals surface area contributed by atoms with Crippen LogP contribution in [0.3, 0.4) is 0 Å². The van der Waals surface area contributed by atoms with Gasteiger partial charge in [0.1, 0.15) is 5.75 Å². The summed E-state index contributed by atoms with van der Waals surface area (Å²) in [5.74, 6) is 0.877. The van der Waals surface area contributed by atoms with E-state index < -0.39 is 0 Å². The molecule has 1 aromatic carbocycles. The second kappa shape index (κ2) is 4.84. The van der Waals surface area contributed by atoms with Crippen molar-refractivity contribution in [3.8, 4) is 5.75 Å². The van der Waals surface area contributed by atoms with Crippen molar-refractivity contribution in [1.82, 2.24) is 4.98 Å². The normalized spacial score (nSPS) is 10.7. The molecule has 0 spiro atoms. The summed E-state index contributed by atoms with van der Waals surface area (Å²) in [6, 6.07) is 4.06. The summed E-state index contributed by atoms with van der Waals surface area (Å²) in [5, 5.41) is 4.40. The molecular weight excluding hydrogens is 224 g/mol. The number of aryl methyl sites for hydroxylation is 2. The number of rotatable bonds is 3. The molecule has 1 aromatic heterocycles. The smallest absolute Gasteiger partial charge is 0.130 e. The number of aromatic nitrogens is 1. The van der Waals surface area contributed by atoms with Crippen LogP contribution in [0.1, 0.15) is 23.7 Å². The number of pyridine rings is 1. The van der Waals surface area contributed by atoms with Crippen LogP contribution in [-0.4, -0.2) is 19.1 Å². The molecular formula is C15H20N2O. The molecule has 0 saturated heterocycles. The summed E-state index contributed by atoms with van der Waals surface area (Å²) >= 11 is 0. The standard InChI is InChI=1S/C15H20N2O/c1-6-11-10(3)17-14-9(2)7-8-12(18-5)13(14)15(11)16-4/h7-8H,6H2,1-5H3,(H,16,17). The van der Waals surface area contributed by atoms with Gasteiger partial charge in [-0.3, -0.25) is 4.98 Å². The Morgan fingerprint density at radius 2 is 2.00 bits per heavy atom. The summed E-state index contributed by atoms with van der Waals surface area (Å²) in [6.07, 6.45) is 0.960. The number of methoxy groups -OCH3 is 1. The van der Waals surface area contributed by atoms with E-state index in [0.29, 0.717) is 0 Å². The molecule has 1 N–H and O–H groups in total. The van der Waals surface area contributed by atoms with Crippen LogP contribution in [0.2, 0.25) is 0 Å². The Balaban J connectivity index is 2.97. The van der Waals surface area contributed by atoms with Gasteiger partial charge in [0.05, 0.1) is 23.7 Å². The highest BCUT2D eigenvalue weighted by molar-refractivity contribution is 5.99. The minimum atomic E-state index is 0.877. The summed E-state index contributed by atoms with van der Waals surface area (Å²) in [6.45, 7) is 6.30. The molecule has 3 heteroatoms. The lowest BCUT2D eigenvalue weighted by Gasteiger charge is -2.17. The van der Waals surface area contributed by atoms with Gasteiger partial charge < -0.3 is 10.1 Å². The van der Waals surface area contributed by atoms with E-state index in [9.17, 15) is 0 Å². The highest BCUT2D eigenvalue weighted by Gasteiger charge is 2.15. The summed E-state index contributed by atoms with van der Waals surface area (Å²) in [7, 11) is 3.66. The van der Waals surface area contributed by atoms with Crippen LogP contribution in [0.15, 0.2) is 12.1 Å². The fourth-order valence-corrected chi connectivity index (χ4v) is 2.51. The Morgan fingerprint density at radius 3 is 2.56 bits per heavy atom. The molecule has 0 bridgehead atoms. The van der Waals surface area contributed by atoms with Crippen molar-refractivity contribution >= 4 is 16.6 Å². The van der Waals surface area contributed by atoms with E-state index in [-0.39, 0.29) is 0 Å². The molecule has 0 fully saturated rings. The molecule has 0 radical (unpaired) electrons. The third-order valence-electron chi connectivity index (χ3n) is 3.43. The van der Waals surface area contributed by atoms with Crippen LogP contribution in [0, 0.1) is 13.8 Å². The van der Waals surface area contributed by atoms with E-state index in [1.54, 1.807) is 7.11 Å². The van der Waals surface area contributed by atoms with E-state index in [1.165, 1.54) is 11.1 Å². The lowest BCUT2D eigenvalue weighted by molar-refractivity contribution is 0.420. The zero-order valence-corrected chi connectivity index (χ0v) is 11.7. The Hall–Kier alpha value is -1.77. The molecule has 1 heterocycles. The van der Waals surface area contributed by atoms with Crippen LogP contribution < -0.4 is 10.1 Å². The summed E-state index contributed by atoms with van der Waals surface area (Å²) in [4.78, 5) is 4.74. The number of fused-ring (bicyclic) bond motifs is 1. The molecule has 18 heavy (non-hydrogen) atoms. The van der Waals surface area contributed by atoms with Gasteiger partial charge in [-0.1, -0.05) is 13.0 Å². The van der Waals surface area contributed by atoms with Crippen LogP contribution in [0.5, 0.6) is 5.75 Å². The third kappa shape index (κ3) is 1.80. The van der Waals surface area contributed by atoms with Crippen LogP contribution in [0.4, 0.5) is 5.69 Å². The van der Waals surface area contributed by atoms with Crippen LogP contribution in [-0.2, 0) is 6.42 Å². The topological polar surface area (TPSA) is 34.1 Å². The molecule has 0 atom stereocenters. The largest absolute Gasteiger partial charge is 0.496 e. The maximum atomic E-state index is 5.48. The number of benzene rings is 1. The van der Waals surface area contributed by atoms with E-state index in [4.69, 9.17) is 9.72 Å². The number of ether oxygens (including phenoxy) is 1. The minimum absolute atomic E-state index is 0.877. The zero-order chi connectivity index (χ0) is 13.3. The quantitative estimate of drug-likeness (QED) is 0.897. The predicted octanol–water partition coefficient (Wildman–Crippen LogP) is 3.46. The van der Waals surface area contributed by atoms with Gasteiger partial charge in [-0.2, -0.15) is 0 Å². The maximum absolute atomic E-state index is 5.48. The third-order valence-corrected chi connectivity index (χ3v) is 3.43. The average Bonchev–Trinajstić information content (AvgIpc) is 2.38. The van der Waals surface area contributed by atoms with Gasteiger partial charge in [0.2, 0.25) is 0 Å². The Kier molecular flexibility index (Phi) is 3.41. The molecule has 0 aliphatic rings. The van der Waals surface area contributed by atoms with E-state index >= 15 is 0 Å². The van der Waals surface area contributed by atoms with Crippen molar-refractivity contribution in [3.05, 3.63) is 29.0 Å². The monoisotopic (exact) mass is 244 g/mol. The van der Waals surface area contributed by atoms with Gasteiger partial charge in [-0.15, -0.1) is 0 Å². The van der Waals surface area contributed by atoms with E-state index in [2.05, 4.69) is 32.2 Å². The summed E-state index contributed by atoms with van der Waals surface area (Å²) in [5.41, 5.74) is 5.68. The molecule has 2 aromatic rings. The first-order chi connectivity index (χ1) is 8.63. The SMILES string of the molecule is CCc1c(C)nc2c(C)ccc(OC)c2c1NC. The Labute approximate surface area is 108 Å². The fourth-order valence-electron chi connectivity index (χ4n) is 2.51. The molecule has 0 aliphatic heterocycles. The predicted molar refractivity (Wildman–Crippen MR) is 76.7 cm³/mol. The molecule has 0 amide bonds. The van der Waals surface area contributed by atoms with Crippen molar-refractivity contribution in [2.24, 2.45) is 0 Å². The maximum Gasteiger partial charge on any atom is 0.130 e. The van der Waals surface area contributed by atoms with Crippen molar-refractivity contribution in [1.29, 1.82) is 0 Å². The highest BCUT2D eigenvalue weighted by Crippen LogP contribution is 2.36. The first-order valence-electron chi connectivity index (χ1n) is 6.28. The van der Waals surface area contributed by atoms with Crippen molar-refractivity contribution < 1.29 is 4.74 Å². The average molecular weight is 244 g/mol. The van der Waals surface area contributed by atoms with Crippen molar-refractivity contribution in [2.45, 2.75) is 27.2 Å². The first kappa shape index (κ1) is 12.7. The minimum Gasteiger partial charge on any atom is -0.496 e. The second-order valence-corrected chi connectivity index (χ2v) is 4.46. The van der Waals surface area contributed by atoms with Gasteiger partial charge >= 0.3 is 0 Å². The van der Waals surface area contributed by atoms with Gasteiger partial charge in [0, 0.05) is 12.7 Å². The Bertz CT molecular complexity index is 591. The lowest BCUT2D eigenvalue weighted by Crippen LogP contribution is -2.03. The Morgan fingerprint density at radius 1 is 1.28 bits per heavy atom. The van der Waals surface area contributed by atoms with Crippen molar-refractivity contribution in [3.63, 3.8) is 0 Å². The summed E-state index contributed by atoms with van der Waals surface area (Å²) < 4.78 is 5.48. The lowest BCUT2D eigenvalue weighted by atomic mass is 10.0. The fraction of sp³-hybridized carbons (Fsp3) is 0.400. The van der Waals surface area contributed by atoms with Gasteiger partial charge in [-0.05, 0) is 37.5 Å². The van der Waals surface area contributed by atoms with Gasteiger partial charge in [0.25, 0.3) is 0 Å². The first-order valence-corrected chi connectivity index (χ1v) is 6.28. The number of nitrogens with zero attached hydrogens (tertiary/aromatic N) is 1. The second-order valence-electron chi connectivity index (χ2n) is 4.46. The van der Waals surface area contributed by atoms with Gasteiger partial charge in [0.15, 0.2) is 0 Å². The molecule has 96 valence electrons. The highest BCUT2D eigenvalue weighted by atomic mass is 16.5. The number of hydrogen-bond donors (Lipinski definition) is 1. The van der Waals surface area contributed by atoms with E-state index in [1.807, 2.05) is 13.1 Å². The van der Waals surface area contributed by atoms with Crippen LogP contribution in [0.25, 0.3) is 10.9 Å². The zero-order valence-electron chi connectivity index (χ0n) is 11.7. The number of nitrogens with one attached hydrogen (secondary N) is 1.